The second-order valence-corrected chi connectivity index (χ2v) is 7.52. The van der Waals surface area contributed by atoms with Gasteiger partial charge in [0.1, 0.15) is 11.6 Å². The predicted molar refractivity (Wildman–Crippen MR) is 97.7 cm³/mol. The highest BCUT2D eigenvalue weighted by Gasteiger charge is 2.21. The third-order valence-electron chi connectivity index (χ3n) is 4.38. The van der Waals surface area contributed by atoms with E-state index in [2.05, 4.69) is 41.3 Å². The molecule has 2 aromatic carbocycles. The number of hydrogen-bond acceptors (Lipinski definition) is 3. The van der Waals surface area contributed by atoms with Crippen molar-refractivity contribution in [2.24, 2.45) is 0 Å². The molecular formula is C18H19ClN3S+. The standard InChI is InChI=1S/C18H18ClN3S/c19-14-4-3-5-15(12-14)22-10-8-21(9-11-22)13-18-20-16-6-1-2-7-17(16)23-18/h1-7,12H,8-11,13H2/p+1. The number of piperazine rings is 1. The van der Waals surface area contributed by atoms with Gasteiger partial charge in [0, 0.05) is 10.7 Å². The Morgan fingerprint density at radius 2 is 1.91 bits per heavy atom. The third-order valence-corrected chi connectivity index (χ3v) is 5.65. The van der Waals surface area contributed by atoms with E-state index in [0.29, 0.717) is 0 Å². The summed E-state index contributed by atoms with van der Waals surface area (Å²) in [6, 6.07) is 16.6. The van der Waals surface area contributed by atoms with Gasteiger partial charge in [-0.15, -0.1) is 11.3 Å². The fourth-order valence-corrected chi connectivity index (χ4v) is 4.36. The van der Waals surface area contributed by atoms with E-state index >= 15 is 0 Å². The summed E-state index contributed by atoms with van der Waals surface area (Å²) in [5, 5.41) is 2.06. The van der Waals surface area contributed by atoms with Crippen LogP contribution in [0, 0.1) is 0 Å². The maximum Gasteiger partial charge on any atom is 0.148 e. The first-order chi connectivity index (χ1) is 11.3. The van der Waals surface area contributed by atoms with Crippen molar-refractivity contribution in [3.05, 3.63) is 58.6 Å². The van der Waals surface area contributed by atoms with Crippen LogP contribution in [0.25, 0.3) is 10.2 Å². The van der Waals surface area contributed by atoms with Crippen molar-refractivity contribution >= 4 is 38.8 Å². The molecule has 0 unspecified atom stereocenters. The van der Waals surface area contributed by atoms with Gasteiger partial charge in [0.2, 0.25) is 0 Å². The van der Waals surface area contributed by atoms with Gasteiger partial charge in [-0.3, -0.25) is 0 Å². The monoisotopic (exact) mass is 344 g/mol. The molecule has 0 bridgehead atoms. The highest BCUT2D eigenvalue weighted by molar-refractivity contribution is 7.18. The molecule has 1 aromatic heterocycles. The molecule has 1 aliphatic rings. The second-order valence-electron chi connectivity index (χ2n) is 5.97. The number of anilines is 1. The van der Waals surface area contributed by atoms with Crippen molar-refractivity contribution in [3.8, 4) is 0 Å². The number of quaternary nitrogens is 1. The molecule has 1 saturated heterocycles. The number of thiazole rings is 1. The molecular weight excluding hydrogens is 326 g/mol. The van der Waals surface area contributed by atoms with Crippen LogP contribution in [0.15, 0.2) is 48.5 Å². The quantitative estimate of drug-likeness (QED) is 0.788. The van der Waals surface area contributed by atoms with Gasteiger partial charge in [0.15, 0.2) is 0 Å². The molecule has 0 radical (unpaired) electrons. The van der Waals surface area contributed by atoms with Gasteiger partial charge < -0.3 is 9.80 Å². The number of aromatic nitrogens is 1. The number of fused-ring (bicyclic) bond motifs is 1. The van der Waals surface area contributed by atoms with Gasteiger partial charge in [0.25, 0.3) is 0 Å². The number of nitrogens with one attached hydrogen (secondary N) is 1. The van der Waals surface area contributed by atoms with E-state index in [1.807, 2.05) is 23.5 Å². The summed E-state index contributed by atoms with van der Waals surface area (Å²) in [5.74, 6) is 0. The lowest BCUT2D eigenvalue weighted by molar-refractivity contribution is -0.914. The van der Waals surface area contributed by atoms with Crippen LogP contribution in [-0.2, 0) is 6.54 Å². The van der Waals surface area contributed by atoms with Gasteiger partial charge in [-0.2, -0.15) is 0 Å². The molecule has 3 nitrogen and oxygen atoms in total. The fourth-order valence-electron chi connectivity index (χ4n) is 3.14. The van der Waals surface area contributed by atoms with Crippen LogP contribution in [0.1, 0.15) is 5.01 Å². The summed E-state index contributed by atoms with van der Waals surface area (Å²) in [6.07, 6.45) is 0. The van der Waals surface area contributed by atoms with E-state index in [-0.39, 0.29) is 0 Å². The van der Waals surface area contributed by atoms with Gasteiger partial charge in [-0.1, -0.05) is 29.8 Å². The Labute approximate surface area is 145 Å². The number of para-hydroxylation sites is 1. The van der Waals surface area contributed by atoms with E-state index in [1.165, 1.54) is 15.4 Å². The molecule has 0 aliphatic carbocycles. The number of rotatable bonds is 3. The van der Waals surface area contributed by atoms with Crippen molar-refractivity contribution in [3.63, 3.8) is 0 Å². The Balaban J connectivity index is 1.39. The summed E-state index contributed by atoms with van der Waals surface area (Å²) in [5.41, 5.74) is 2.36. The van der Waals surface area contributed by atoms with Gasteiger partial charge in [0.05, 0.1) is 36.4 Å². The van der Waals surface area contributed by atoms with Crippen LogP contribution >= 0.6 is 22.9 Å². The van der Waals surface area contributed by atoms with Crippen LogP contribution in [-0.4, -0.2) is 31.2 Å². The van der Waals surface area contributed by atoms with Gasteiger partial charge in [-0.05, 0) is 30.3 Å². The first-order valence-corrected chi connectivity index (χ1v) is 9.16. The lowest BCUT2D eigenvalue weighted by Gasteiger charge is -2.33. The minimum Gasteiger partial charge on any atom is -0.360 e. The van der Waals surface area contributed by atoms with E-state index in [0.717, 1.165) is 43.3 Å². The van der Waals surface area contributed by atoms with Crippen molar-refractivity contribution in [2.45, 2.75) is 6.54 Å². The first-order valence-electron chi connectivity index (χ1n) is 7.96. The molecule has 0 spiro atoms. The van der Waals surface area contributed by atoms with Crippen LogP contribution in [0.2, 0.25) is 5.02 Å². The number of benzene rings is 2. The van der Waals surface area contributed by atoms with Crippen LogP contribution in [0.5, 0.6) is 0 Å². The lowest BCUT2D eigenvalue weighted by Crippen LogP contribution is -3.13. The Hall–Kier alpha value is -1.62. The summed E-state index contributed by atoms with van der Waals surface area (Å²) in [6.45, 7) is 5.45. The normalized spacial score (nSPS) is 16.1. The Morgan fingerprint density at radius 1 is 1.09 bits per heavy atom. The van der Waals surface area contributed by atoms with Crippen molar-refractivity contribution in [2.75, 3.05) is 31.1 Å². The number of hydrogen-bond donors (Lipinski definition) is 1. The van der Waals surface area contributed by atoms with E-state index in [1.54, 1.807) is 4.90 Å². The van der Waals surface area contributed by atoms with E-state index in [4.69, 9.17) is 16.6 Å². The van der Waals surface area contributed by atoms with Crippen LogP contribution < -0.4 is 9.80 Å². The summed E-state index contributed by atoms with van der Waals surface area (Å²) < 4.78 is 1.29. The van der Waals surface area contributed by atoms with E-state index < -0.39 is 0 Å². The number of nitrogens with zero attached hydrogens (tertiary/aromatic N) is 2. The summed E-state index contributed by atoms with van der Waals surface area (Å²) in [7, 11) is 0. The molecule has 1 N–H and O–H groups in total. The molecule has 23 heavy (non-hydrogen) atoms. The zero-order valence-electron chi connectivity index (χ0n) is 12.8. The fraction of sp³-hybridized carbons (Fsp3) is 0.278. The molecule has 3 aromatic rings. The molecule has 0 saturated carbocycles. The molecule has 2 heterocycles. The summed E-state index contributed by atoms with van der Waals surface area (Å²) >= 11 is 7.93. The van der Waals surface area contributed by atoms with Crippen LogP contribution in [0.3, 0.4) is 0 Å². The van der Waals surface area contributed by atoms with Crippen molar-refractivity contribution in [1.29, 1.82) is 0 Å². The zero-order chi connectivity index (χ0) is 15.6. The van der Waals surface area contributed by atoms with Crippen molar-refractivity contribution < 1.29 is 4.90 Å². The molecule has 0 amide bonds. The third kappa shape index (κ3) is 3.34. The molecule has 5 heteroatoms. The second kappa shape index (κ2) is 6.48. The number of halogens is 1. The maximum absolute atomic E-state index is 6.10. The average Bonchev–Trinajstić information content (AvgIpc) is 2.98. The zero-order valence-corrected chi connectivity index (χ0v) is 14.4. The maximum atomic E-state index is 6.10. The molecule has 4 rings (SSSR count). The van der Waals surface area contributed by atoms with Gasteiger partial charge in [-0.25, -0.2) is 4.98 Å². The molecule has 1 aliphatic heterocycles. The average molecular weight is 345 g/mol. The topological polar surface area (TPSA) is 20.6 Å². The highest BCUT2D eigenvalue weighted by atomic mass is 35.5. The van der Waals surface area contributed by atoms with Crippen molar-refractivity contribution in [1.82, 2.24) is 4.98 Å². The molecule has 0 atom stereocenters. The minimum absolute atomic E-state index is 0.812. The van der Waals surface area contributed by atoms with Crippen LogP contribution in [0.4, 0.5) is 5.69 Å². The van der Waals surface area contributed by atoms with E-state index in [9.17, 15) is 0 Å². The summed E-state index contributed by atoms with van der Waals surface area (Å²) in [4.78, 5) is 8.80. The molecule has 1 fully saturated rings. The van der Waals surface area contributed by atoms with Gasteiger partial charge >= 0.3 is 0 Å². The Bertz CT molecular complexity index is 776. The largest absolute Gasteiger partial charge is 0.360 e. The lowest BCUT2D eigenvalue weighted by atomic mass is 10.2. The Morgan fingerprint density at radius 3 is 2.70 bits per heavy atom. The molecule has 118 valence electrons. The smallest absolute Gasteiger partial charge is 0.148 e. The highest BCUT2D eigenvalue weighted by Crippen LogP contribution is 2.21. The SMILES string of the molecule is Clc1cccc(N2CC[NH+](Cc3nc4ccccc4s3)CC2)c1. The minimum atomic E-state index is 0.812. The Kier molecular flexibility index (Phi) is 4.21. The predicted octanol–water partition coefficient (Wildman–Crippen LogP) is 2.85. The first kappa shape index (κ1) is 14.9.